The minimum absolute atomic E-state index is 0.00635. The summed E-state index contributed by atoms with van der Waals surface area (Å²) in [6, 6.07) is 6.53. The van der Waals surface area contributed by atoms with E-state index >= 15 is 0 Å². The molecule has 24 heavy (non-hydrogen) atoms. The van der Waals surface area contributed by atoms with Crippen molar-refractivity contribution < 1.29 is 9.72 Å². The normalized spacial score (nSPS) is 15.2. The number of hydrogen-bond acceptors (Lipinski definition) is 7. The fourth-order valence-corrected chi connectivity index (χ4v) is 2.37. The summed E-state index contributed by atoms with van der Waals surface area (Å²) in [5, 5.41) is 23.4. The summed E-state index contributed by atoms with van der Waals surface area (Å²) in [5.41, 5.74) is 3.27. The number of piperazine rings is 1. The Bertz CT molecular complexity index is 689. The van der Waals surface area contributed by atoms with Crippen LogP contribution in [0.4, 0.5) is 11.4 Å². The molecule has 0 radical (unpaired) electrons. The summed E-state index contributed by atoms with van der Waals surface area (Å²) in [6.07, 6.45) is 1.02. The third-order valence-corrected chi connectivity index (χ3v) is 3.68. The van der Waals surface area contributed by atoms with E-state index in [1.165, 1.54) is 12.3 Å². The van der Waals surface area contributed by atoms with Crippen molar-refractivity contribution >= 4 is 23.5 Å². The fraction of sp³-hybridized carbons (Fsp3) is 0.400. The maximum atomic E-state index is 11.4. The number of nitro benzene ring substituents is 1. The van der Waals surface area contributed by atoms with E-state index in [1.54, 1.807) is 18.2 Å². The molecule has 1 aliphatic heterocycles. The van der Waals surface area contributed by atoms with E-state index in [9.17, 15) is 14.9 Å². The van der Waals surface area contributed by atoms with Crippen LogP contribution < -0.4 is 10.3 Å². The van der Waals surface area contributed by atoms with Gasteiger partial charge in [0.25, 0.3) is 11.6 Å². The molecule has 1 heterocycles. The number of nitro groups is 1. The zero-order valence-electron chi connectivity index (χ0n) is 13.3. The van der Waals surface area contributed by atoms with Gasteiger partial charge in [-0.25, -0.2) is 5.43 Å². The van der Waals surface area contributed by atoms with Gasteiger partial charge in [0.1, 0.15) is 12.1 Å². The maximum Gasteiger partial charge on any atom is 0.293 e. The summed E-state index contributed by atoms with van der Waals surface area (Å²) in [5.74, 6) is -0.530. The molecule has 0 unspecified atom stereocenters. The van der Waals surface area contributed by atoms with Crippen LogP contribution in [-0.2, 0) is 4.79 Å². The second kappa shape index (κ2) is 8.03. The van der Waals surface area contributed by atoms with E-state index in [4.69, 9.17) is 5.26 Å². The van der Waals surface area contributed by atoms with Crippen molar-refractivity contribution in [3.05, 3.63) is 33.9 Å². The fourth-order valence-electron chi connectivity index (χ4n) is 2.37. The average Bonchev–Trinajstić information content (AvgIpc) is 2.56. The van der Waals surface area contributed by atoms with Gasteiger partial charge in [0.2, 0.25) is 0 Å². The van der Waals surface area contributed by atoms with Crippen molar-refractivity contribution in [1.82, 2.24) is 10.3 Å². The van der Waals surface area contributed by atoms with E-state index < -0.39 is 10.8 Å². The molecule has 0 atom stereocenters. The number of benzene rings is 1. The van der Waals surface area contributed by atoms with Crippen molar-refractivity contribution in [2.75, 3.05) is 38.1 Å². The van der Waals surface area contributed by atoms with Gasteiger partial charge in [-0.15, -0.1) is 0 Å². The Morgan fingerprint density at radius 1 is 1.46 bits per heavy atom. The molecule has 1 saturated heterocycles. The Balaban J connectivity index is 2.15. The third-order valence-electron chi connectivity index (χ3n) is 3.68. The Morgan fingerprint density at radius 3 is 2.79 bits per heavy atom. The minimum atomic E-state index is -0.530. The predicted molar refractivity (Wildman–Crippen MR) is 88.8 cm³/mol. The van der Waals surface area contributed by atoms with Crippen LogP contribution in [0.2, 0.25) is 0 Å². The summed E-state index contributed by atoms with van der Waals surface area (Å²) in [4.78, 5) is 26.2. The summed E-state index contributed by atoms with van der Waals surface area (Å²) in [7, 11) is 2.02. The summed E-state index contributed by atoms with van der Waals surface area (Å²) in [6.45, 7) is 3.17. The van der Waals surface area contributed by atoms with Gasteiger partial charge in [0, 0.05) is 37.8 Å². The van der Waals surface area contributed by atoms with E-state index in [0.717, 1.165) is 26.2 Å². The molecule has 0 bridgehead atoms. The lowest BCUT2D eigenvalue weighted by Crippen LogP contribution is -2.44. The van der Waals surface area contributed by atoms with Gasteiger partial charge in [0.15, 0.2) is 0 Å². The van der Waals surface area contributed by atoms with Crippen LogP contribution in [-0.4, -0.2) is 55.2 Å². The number of nitriles is 1. The number of amides is 1. The van der Waals surface area contributed by atoms with Crippen molar-refractivity contribution in [3.63, 3.8) is 0 Å². The largest absolute Gasteiger partial charge is 0.363 e. The highest BCUT2D eigenvalue weighted by Gasteiger charge is 2.22. The Hall–Kier alpha value is -2.99. The van der Waals surface area contributed by atoms with Crippen molar-refractivity contribution in [2.45, 2.75) is 6.42 Å². The zero-order chi connectivity index (χ0) is 17.5. The van der Waals surface area contributed by atoms with Gasteiger partial charge < -0.3 is 9.80 Å². The van der Waals surface area contributed by atoms with Crippen molar-refractivity contribution in [3.8, 4) is 6.07 Å². The molecule has 1 aliphatic rings. The monoisotopic (exact) mass is 330 g/mol. The molecule has 1 amide bonds. The SMILES string of the molecule is CN1CCN(c2ccc(/C=N\NC(=O)CC#N)cc2[N+](=O)[O-])CC1. The Kier molecular flexibility index (Phi) is 5.81. The van der Waals surface area contributed by atoms with Crippen molar-refractivity contribution in [1.29, 1.82) is 5.26 Å². The zero-order valence-corrected chi connectivity index (χ0v) is 13.3. The first kappa shape index (κ1) is 17.4. The number of nitrogens with one attached hydrogen (secondary N) is 1. The lowest BCUT2D eigenvalue weighted by molar-refractivity contribution is -0.384. The van der Waals surface area contributed by atoms with E-state index in [1.807, 2.05) is 11.9 Å². The number of hydrazone groups is 1. The molecule has 126 valence electrons. The molecule has 1 aromatic carbocycles. The van der Waals surface area contributed by atoms with Gasteiger partial charge in [0.05, 0.1) is 17.2 Å². The number of carbonyl (C=O) groups is 1. The quantitative estimate of drug-likeness (QED) is 0.483. The maximum absolute atomic E-state index is 11.4. The standard InChI is InChI=1S/C15H18N6O3/c1-19-6-8-20(9-7-19)13-3-2-12(10-14(13)21(23)24)11-17-18-15(22)4-5-16/h2-3,10-11H,4,6-9H2,1H3,(H,18,22)/b17-11-. The second-order valence-electron chi connectivity index (χ2n) is 5.42. The van der Waals surface area contributed by atoms with Crippen LogP contribution in [0.5, 0.6) is 0 Å². The molecular formula is C15H18N6O3. The number of nitrogens with zero attached hydrogens (tertiary/aromatic N) is 5. The first-order valence-electron chi connectivity index (χ1n) is 7.42. The first-order chi connectivity index (χ1) is 11.5. The summed E-state index contributed by atoms with van der Waals surface area (Å²) < 4.78 is 0. The van der Waals surface area contributed by atoms with Crippen LogP contribution in [0.1, 0.15) is 12.0 Å². The molecule has 0 aliphatic carbocycles. The van der Waals surface area contributed by atoms with E-state index in [2.05, 4.69) is 15.4 Å². The van der Waals surface area contributed by atoms with Crippen molar-refractivity contribution in [2.24, 2.45) is 5.10 Å². The van der Waals surface area contributed by atoms with Gasteiger partial charge in [-0.2, -0.15) is 10.4 Å². The molecule has 0 saturated carbocycles. The Labute approximate surface area is 139 Å². The highest BCUT2D eigenvalue weighted by molar-refractivity contribution is 5.85. The third kappa shape index (κ3) is 4.50. The van der Waals surface area contributed by atoms with Gasteiger partial charge in [-0.3, -0.25) is 14.9 Å². The lowest BCUT2D eigenvalue weighted by atomic mass is 10.1. The number of likely N-dealkylation sites (N-methyl/N-ethyl adjacent to an activating group) is 1. The molecule has 0 aromatic heterocycles. The summed E-state index contributed by atoms with van der Waals surface area (Å²) >= 11 is 0. The molecule has 1 N–H and O–H groups in total. The van der Waals surface area contributed by atoms with Crippen LogP contribution in [0.15, 0.2) is 23.3 Å². The molecule has 9 nitrogen and oxygen atoms in total. The predicted octanol–water partition coefficient (Wildman–Crippen LogP) is 0.710. The smallest absolute Gasteiger partial charge is 0.293 e. The lowest BCUT2D eigenvalue weighted by Gasteiger charge is -2.33. The molecule has 0 spiro atoms. The first-order valence-corrected chi connectivity index (χ1v) is 7.42. The highest BCUT2D eigenvalue weighted by Crippen LogP contribution is 2.29. The van der Waals surface area contributed by atoms with Gasteiger partial charge in [-0.1, -0.05) is 6.07 Å². The van der Waals surface area contributed by atoms with Gasteiger partial charge >= 0.3 is 0 Å². The molecule has 2 rings (SSSR count). The molecule has 1 fully saturated rings. The Morgan fingerprint density at radius 2 is 2.17 bits per heavy atom. The number of rotatable bonds is 5. The molecular weight excluding hydrogens is 312 g/mol. The molecule has 1 aromatic rings. The van der Waals surface area contributed by atoms with Crippen LogP contribution in [0, 0.1) is 21.4 Å². The minimum Gasteiger partial charge on any atom is -0.363 e. The van der Waals surface area contributed by atoms with Crippen LogP contribution in [0.3, 0.4) is 0 Å². The second-order valence-corrected chi connectivity index (χ2v) is 5.42. The molecule has 9 heteroatoms. The highest BCUT2D eigenvalue weighted by atomic mass is 16.6. The number of carbonyl (C=O) groups excluding carboxylic acids is 1. The van der Waals surface area contributed by atoms with Crippen LogP contribution in [0.25, 0.3) is 0 Å². The van der Waals surface area contributed by atoms with E-state index in [-0.39, 0.29) is 12.1 Å². The number of anilines is 1. The van der Waals surface area contributed by atoms with Crippen LogP contribution >= 0.6 is 0 Å². The van der Waals surface area contributed by atoms with Gasteiger partial charge in [-0.05, 0) is 13.1 Å². The topological polar surface area (TPSA) is 115 Å². The van der Waals surface area contributed by atoms with E-state index in [0.29, 0.717) is 11.3 Å². The number of hydrogen-bond donors (Lipinski definition) is 1. The average molecular weight is 330 g/mol.